The number of halogens is 1. The highest BCUT2D eigenvalue weighted by Crippen LogP contribution is 2.34. The van der Waals surface area contributed by atoms with E-state index in [2.05, 4.69) is 4.90 Å². The molecule has 0 aliphatic heterocycles. The first-order chi connectivity index (χ1) is 7.04. The molecule has 88 valence electrons. The monoisotopic (exact) mass is 251 g/mol. The van der Waals surface area contributed by atoms with Crippen molar-refractivity contribution in [1.29, 1.82) is 0 Å². The Morgan fingerprint density at radius 2 is 1.87 bits per heavy atom. The predicted molar refractivity (Wildman–Crippen MR) is 61.6 cm³/mol. The molecular weight excluding hydrogens is 234 g/mol. The molecule has 2 aliphatic carbocycles. The van der Waals surface area contributed by atoms with E-state index in [4.69, 9.17) is 10.7 Å². The van der Waals surface area contributed by atoms with Crippen molar-refractivity contribution < 1.29 is 8.42 Å². The summed E-state index contributed by atoms with van der Waals surface area (Å²) in [6.45, 7) is 2.07. The lowest BCUT2D eigenvalue weighted by atomic mass is 10.3. The van der Waals surface area contributed by atoms with Crippen LogP contribution in [0.15, 0.2) is 0 Å². The van der Waals surface area contributed by atoms with Crippen LogP contribution >= 0.6 is 10.7 Å². The Hall–Kier alpha value is 0.200. The van der Waals surface area contributed by atoms with Gasteiger partial charge in [-0.05, 0) is 44.6 Å². The van der Waals surface area contributed by atoms with E-state index in [1.165, 1.54) is 32.2 Å². The Balaban J connectivity index is 1.69. The summed E-state index contributed by atoms with van der Waals surface area (Å²) < 4.78 is 21.6. The van der Waals surface area contributed by atoms with Crippen molar-refractivity contribution in [1.82, 2.24) is 4.90 Å². The maximum absolute atomic E-state index is 10.8. The average Bonchev–Trinajstić information content (AvgIpc) is 2.97. The fourth-order valence-corrected chi connectivity index (χ4v) is 2.74. The van der Waals surface area contributed by atoms with Crippen LogP contribution in [0.4, 0.5) is 0 Å². The van der Waals surface area contributed by atoms with E-state index in [1.807, 2.05) is 0 Å². The molecule has 2 fully saturated rings. The van der Waals surface area contributed by atoms with Gasteiger partial charge in [0.05, 0.1) is 5.75 Å². The van der Waals surface area contributed by atoms with Crippen LogP contribution in [0.5, 0.6) is 0 Å². The number of nitrogens with zero attached hydrogens (tertiary/aromatic N) is 1. The van der Waals surface area contributed by atoms with Crippen LogP contribution in [0.25, 0.3) is 0 Å². The van der Waals surface area contributed by atoms with Crippen molar-refractivity contribution in [3.8, 4) is 0 Å². The predicted octanol–water partition coefficient (Wildman–Crippen LogP) is 1.82. The molecule has 0 amide bonds. The van der Waals surface area contributed by atoms with Crippen molar-refractivity contribution in [3.63, 3.8) is 0 Å². The summed E-state index contributed by atoms with van der Waals surface area (Å²) in [6.07, 6.45) is 5.98. The highest BCUT2D eigenvalue weighted by atomic mass is 35.7. The lowest BCUT2D eigenvalue weighted by Crippen LogP contribution is -2.30. The van der Waals surface area contributed by atoms with E-state index in [0.717, 1.165) is 18.5 Å². The van der Waals surface area contributed by atoms with E-state index in [9.17, 15) is 8.42 Å². The fraction of sp³-hybridized carbons (Fsp3) is 1.00. The van der Waals surface area contributed by atoms with Crippen LogP contribution in [-0.4, -0.2) is 38.2 Å². The van der Waals surface area contributed by atoms with Gasteiger partial charge in [-0.3, -0.25) is 0 Å². The van der Waals surface area contributed by atoms with Gasteiger partial charge in [0.25, 0.3) is 0 Å². The Morgan fingerprint density at radius 1 is 1.20 bits per heavy atom. The second-order valence-electron chi connectivity index (χ2n) is 4.77. The smallest absolute Gasteiger partial charge is 0.232 e. The Kier molecular flexibility index (Phi) is 3.58. The molecule has 0 aromatic heterocycles. The van der Waals surface area contributed by atoms with Crippen LogP contribution in [0.1, 0.15) is 32.1 Å². The Labute approximate surface area is 96.2 Å². The normalized spacial score (nSPS) is 22.3. The van der Waals surface area contributed by atoms with Crippen LogP contribution in [0.2, 0.25) is 0 Å². The second-order valence-corrected chi connectivity index (χ2v) is 7.66. The van der Waals surface area contributed by atoms with Crippen molar-refractivity contribution in [3.05, 3.63) is 0 Å². The molecule has 0 aromatic rings. The lowest BCUT2D eigenvalue weighted by Gasteiger charge is -2.21. The molecule has 2 saturated carbocycles. The van der Waals surface area contributed by atoms with Gasteiger partial charge in [-0.2, -0.15) is 0 Å². The molecule has 5 heteroatoms. The maximum atomic E-state index is 10.8. The van der Waals surface area contributed by atoms with Crippen molar-refractivity contribution in [2.45, 2.75) is 38.1 Å². The summed E-state index contributed by atoms with van der Waals surface area (Å²) in [5, 5.41) is 0. The van der Waals surface area contributed by atoms with Crippen LogP contribution < -0.4 is 0 Å². The van der Waals surface area contributed by atoms with Crippen LogP contribution in [0.3, 0.4) is 0 Å². The topological polar surface area (TPSA) is 37.4 Å². The zero-order valence-electron chi connectivity index (χ0n) is 8.86. The first-order valence-corrected chi connectivity index (χ1v) is 8.19. The Bertz CT molecular complexity index is 309. The largest absolute Gasteiger partial charge is 0.300 e. The van der Waals surface area contributed by atoms with Gasteiger partial charge in [0.1, 0.15) is 0 Å². The van der Waals surface area contributed by atoms with Gasteiger partial charge in [0.15, 0.2) is 0 Å². The molecule has 0 bridgehead atoms. The third-order valence-corrected chi connectivity index (χ3v) is 4.33. The summed E-state index contributed by atoms with van der Waals surface area (Å²) in [7, 11) is 1.89. The first kappa shape index (κ1) is 11.7. The zero-order chi connectivity index (χ0) is 10.9. The van der Waals surface area contributed by atoms with Crippen molar-refractivity contribution in [2.24, 2.45) is 5.92 Å². The average molecular weight is 252 g/mol. The molecule has 0 aromatic carbocycles. The molecule has 15 heavy (non-hydrogen) atoms. The minimum atomic E-state index is -3.29. The van der Waals surface area contributed by atoms with Gasteiger partial charge in [0, 0.05) is 23.3 Å². The molecule has 0 unspecified atom stereocenters. The summed E-state index contributed by atoms with van der Waals surface area (Å²) in [5.41, 5.74) is 0. The van der Waals surface area contributed by atoms with Gasteiger partial charge >= 0.3 is 0 Å². The highest BCUT2D eigenvalue weighted by Gasteiger charge is 2.33. The maximum Gasteiger partial charge on any atom is 0.232 e. The van der Waals surface area contributed by atoms with Gasteiger partial charge in [-0.1, -0.05) is 0 Å². The summed E-state index contributed by atoms with van der Waals surface area (Å²) in [4.78, 5) is 2.46. The third-order valence-electron chi connectivity index (χ3n) is 3.09. The van der Waals surface area contributed by atoms with Crippen LogP contribution in [0, 0.1) is 5.92 Å². The standard InChI is InChI=1S/C10H18ClNO2S/c11-15(13,14)7-1-6-12(10-4-5-10)8-9-2-3-9/h9-10H,1-8H2. The van der Waals surface area contributed by atoms with Gasteiger partial charge in [-0.25, -0.2) is 8.42 Å². The molecule has 0 saturated heterocycles. The Morgan fingerprint density at radius 3 is 2.33 bits per heavy atom. The lowest BCUT2D eigenvalue weighted by molar-refractivity contribution is 0.253. The van der Waals surface area contributed by atoms with E-state index in [1.54, 1.807) is 0 Å². The van der Waals surface area contributed by atoms with Gasteiger partial charge in [0.2, 0.25) is 9.05 Å². The molecule has 2 aliphatic rings. The molecular formula is C10H18ClNO2S. The molecule has 0 radical (unpaired) electrons. The van der Waals surface area contributed by atoms with Gasteiger partial charge < -0.3 is 4.90 Å². The molecule has 0 spiro atoms. The van der Waals surface area contributed by atoms with E-state index >= 15 is 0 Å². The number of rotatable bonds is 7. The van der Waals surface area contributed by atoms with E-state index < -0.39 is 9.05 Å². The zero-order valence-corrected chi connectivity index (χ0v) is 10.4. The third kappa shape index (κ3) is 4.70. The van der Waals surface area contributed by atoms with Gasteiger partial charge in [-0.15, -0.1) is 0 Å². The minimum absolute atomic E-state index is 0.114. The number of hydrogen-bond acceptors (Lipinski definition) is 3. The second kappa shape index (κ2) is 4.60. The summed E-state index contributed by atoms with van der Waals surface area (Å²) in [5.74, 6) is 1.00. The van der Waals surface area contributed by atoms with Crippen LogP contribution in [-0.2, 0) is 9.05 Å². The van der Waals surface area contributed by atoms with E-state index in [0.29, 0.717) is 6.42 Å². The summed E-state index contributed by atoms with van der Waals surface area (Å²) in [6, 6.07) is 0.739. The first-order valence-electron chi connectivity index (χ1n) is 5.71. The molecule has 0 N–H and O–H groups in total. The quantitative estimate of drug-likeness (QED) is 0.648. The fourth-order valence-electron chi connectivity index (χ4n) is 1.93. The molecule has 3 nitrogen and oxygen atoms in total. The SMILES string of the molecule is O=S(=O)(Cl)CCCN(CC1CC1)C1CC1. The highest BCUT2D eigenvalue weighted by molar-refractivity contribution is 8.13. The van der Waals surface area contributed by atoms with E-state index in [-0.39, 0.29) is 5.75 Å². The minimum Gasteiger partial charge on any atom is -0.300 e. The van der Waals surface area contributed by atoms with Crippen molar-refractivity contribution in [2.75, 3.05) is 18.8 Å². The molecule has 0 heterocycles. The van der Waals surface area contributed by atoms with Crippen molar-refractivity contribution >= 4 is 19.7 Å². The molecule has 0 atom stereocenters. The molecule has 2 rings (SSSR count). The summed E-state index contributed by atoms with van der Waals surface area (Å²) >= 11 is 0. The number of hydrogen-bond donors (Lipinski definition) is 0.